The number of nitrogens with one attached hydrogen (secondary N) is 3. The van der Waals surface area contributed by atoms with Gasteiger partial charge in [0.2, 0.25) is 0 Å². The van der Waals surface area contributed by atoms with Crippen molar-refractivity contribution in [2.45, 2.75) is 25.8 Å². The first-order chi connectivity index (χ1) is 11.8. The highest BCUT2D eigenvalue weighted by Crippen LogP contribution is 2.08. The lowest BCUT2D eigenvalue weighted by Gasteiger charge is -2.08. The van der Waals surface area contributed by atoms with Crippen LogP contribution in [0.3, 0.4) is 0 Å². The molecule has 2 aromatic heterocycles. The van der Waals surface area contributed by atoms with Crippen LogP contribution in [0, 0.1) is 4.77 Å². The van der Waals surface area contributed by atoms with Crippen LogP contribution in [0.5, 0.6) is 0 Å². The molecule has 0 atom stereocenters. The van der Waals surface area contributed by atoms with Crippen molar-refractivity contribution < 1.29 is 0 Å². The molecule has 0 amide bonds. The number of aromatic nitrogens is 4. The minimum Gasteiger partial charge on any atom is -0.339 e. The van der Waals surface area contributed by atoms with Crippen LogP contribution in [-0.4, -0.2) is 32.6 Å². The summed E-state index contributed by atoms with van der Waals surface area (Å²) in [5, 5.41) is 3.28. The Morgan fingerprint density at radius 1 is 1.12 bits per heavy atom. The van der Waals surface area contributed by atoms with Gasteiger partial charge in [-0.2, -0.15) is 0 Å². The van der Waals surface area contributed by atoms with Crippen molar-refractivity contribution in [3.05, 3.63) is 57.3 Å². The maximum atomic E-state index is 11.7. The third-order valence-electron chi connectivity index (χ3n) is 3.96. The number of rotatable bonds is 2. The van der Waals surface area contributed by atoms with E-state index in [1.54, 1.807) is 4.57 Å². The second kappa shape index (κ2) is 8.03. The minimum absolute atomic E-state index is 0.239. The van der Waals surface area contributed by atoms with Crippen molar-refractivity contribution in [2.24, 2.45) is 0 Å². The predicted molar refractivity (Wildman–Crippen MR) is 97.8 cm³/mol. The smallest absolute Gasteiger partial charge is 0.277 e. The second-order valence-corrected chi connectivity index (χ2v) is 6.13. The topological polar surface area (TPSA) is 78.5 Å². The summed E-state index contributed by atoms with van der Waals surface area (Å²) < 4.78 is 2.18. The lowest BCUT2D eigenvalue weighted by atomic mass is 10.2. The Labute approximate surface area is 145 Å². The van der Waals surface area contributed by atoms with Crippen molar-refractivity contribution >= 4 is 23.4 Å². The van der Waals surface area contributed by atoms with Gasteiger partial charge in [0.1, 0.15) is 5.52 Å². The molecule has 0 saturated carbocycles. The number of benzene rings is 1. The molecule has 0 bridgehead atoms. The molecular formula is C17H21N5OS. The zero-order valence-corrected chi connectivity index (χ0v) is 14.2. The maximum absolute atomic E-state index is 11.7. The van der Waals surface area contributed by atoms with Crippen LogP contribution in [0.4, 0.5) is 0 Å². The third kappa shape index (κ3) is 3.98. The zero-order chi connectivity index (χ0) is 16.8. The summed E-state index contributed by atoms with van der Waals surface area (Å²) in [6.45, 7) is 3.08. The molecule has 0 aliphatic carbocycles. The largest absolute Gasteiger partial charge is 0.339 e. The number of nitrogens with zero attached hydrogens (tertiary/aromatic N) is 2. The van der Waals surface area contributed by atoms with Gasteiger partial charge >= 0.3 is 0 Å². The molecule has 1 aliphatic rings. The monoisotopic (exact) mass is 343 g/mol. The van der Waals surface area contributed by atoms with Gasteiger partial charge in [0.25, 0.3) is 5.56 Å². The third-order valence-corrected chi connectivity index (χ3v) is 4.28. The van der Waals surface area contributed by atoms with Crippen LogP contribution in [0.1, 0.15) is 24.8 Å². The lowest BCUT2D eigenvalue weighted by molar-refractivity contribution is 0.520. The molecule has 0 unspecified atom stereocenters. The Kier molecular flexibility index (Phi) is 5.55. The number of H-pyrrole nitrogens is 2. The van der Waals surface area contributed by atoms with Crippen LogP contribution in [0.15, 0.2) is 41.5 Å². The van der Waals surface area contributed by atoms with E-state index in [9.17, 15) is 4.79 Å². The summed E-state index contributed by atoms with van der Waals surface area (Å²) in [5.41, 5.74) is 1.88. The van der Waals surface area contributed by atoms with Gasteiger partial charge in [-0.25, -0.2) is 4.98 Å². The molecule has 3 N–H and O–H groups in total. The summed E-state index contributed by atoms with van der Waals surface area (Å²) in [5.74, 6) is 0. The summed E-state index contributed by atoms with van der Waals surface area (Å²) in [6, 6.07) is 9.90. The first kappa shape index (κ1) is 16.6. The fourth-order valence-corrected chi connectivity index (χ4v) is 2.94. The molecule has 6 nitrogen and oxygen atoms in total. The van der Waals surface area contributed by atoms with Gasteiger partial charge in [0, 0.05) is 0 Å². The summed E-state index contributed by atoms with van der Waals surface area (Å²) >= 11 is 5.19. The molecule has 0 spiro atoms. The van der Waals surface area contributed by atoms with E-state index in [2.05, 4.69) is 20.3 Å². The Morgan fingerprint density at radius 2 is 1.88 bits per heavy atom. The molecule has 0 radical (unpaired) electrons. The fraction of sp³-hybridized carbons (Fsp3) is 0.353. The molecule has 4 rings (SSSR count). The van der Waals surface area contributed by atoms with E-state index in [1.807, 2.05) is 30.3 Å². The lowest BCUT2D eigenvalue weighted by Crippen LogP contribution is -2.21. The first-order valence-electron chi connectivity index (χ1n) is 8.16. The van der Waals surface area contributed by atoms with Crippen LogP contribution in [-0.2, 0) is 6.54 Å². The van der Waals surface area contributed by atoms with Gasteiger partial charge in [-0.15, -0.1) is 0 Å². The highest BCUT2D eigenvalue weighted by molar-refractivity contribution is 7.71. The fourth-order valence-electron chi connectivity index (χ4n) is 2.70. The average molecular weight is 343 g/mol. The van der Waals surface area contributed by atoms with Gasteiger partial charge in [-0.3, -0.25) is 14.3 Å². The maximum Gasteiger partial charge on any atom is 0.277 e. The number of aromatic amines is 2. The van der Waals surface area contributed by atoms with Gasteiger partial charge in [-0.1, -0.05) is 36.8 Å². The van der Waals surface area contributed by atoms with Crippen molar-refractivity contribution in [1.29, 1.82) is 0 Å². The second-order valence-electron chi connectivity index (χ2n) is 5.74. The number of piperidine rings is 1. The predicted octanol–water partition coefficient (Wildman–Crippen LogP) is 2.59. The average Bonchev–Trinajstić information content (AvgIpc) is 3.12. The van der Waals surface area contributed by atoms with Crippen molar-refractivity contribution in [3.63, 3.8) is 0 Å². The van der Waals surface area contributed by atoms with E-state index in [0.717, 1.165) is 5.56 Å². The highest BCUT2D eigenvalue weighted by Gasteiger charge is 2.07. The van der Waals surface area contributed by atoms with Gasteiger partial charge < -0.3 is 10.3 Å². The van der Waals surface area contributed by atoms with Crippen LogP contribution >= 0.6 is 12.2 Å². The quantitative estimate of drug-likeness (QED) is 0.625. The summed E-state index contributed by atoms with van der Waals surface area (Å²) in [7, 11) is 0. The van der Waals surface area contributed by atoms with Crippen LogP contribution < -0.4 is 10.9 Å². The summed E-state index contributed by atoms with van der Waals surface area (Å²) in [6.07, 6.45) is 5.71. The SMILES string of the molecule is C1CCNCC1.O=c1[nH]c(=S)n(Cc2ccccc2)c2nc[nH]c12. The molecule has 3 aromatic rings. The van der Waals surface area contributed by atoms with Crippen molar-refractivity contribution in [2.75, 3.05) is 13.1 Å². The van der Waals surface area contributed by atoms with E-state index in [0.29, 0.717) is 22.5 Å². The molecule has 1 aliphatic heterocycles. The van der Waals surface area contributed by atoms with Gasteiger partial charge in [0.15, 0.2) is 10.4 Å². The molecule has 7 heteroatoms. The molecular weight excluding hydrogens is 322 g/mol. The Balaban J connectivity index is 0.000000238. The van der Waals surface area contributed by atoms with Gasteiger partial charge in [0.05, 0.1) is 12.9 Å². The van der Waals surface area contributed by atoms with E-state index in [4.69, 9.17) is 12.2 Å². The van der Waals surface area contributed by atoms with Gasteiger partial charge in [-0.05, 0) is 43.7 Å². The molecule has 3 heterocycles. The van der Waals surface area contributed by atoms with E-state index in [-0.39, 0.29) is 5.56 Å². The van der Waals surface area contributed by atoms with Crippen molar-refractivity contribution in [1.82, 2.24) is 24.8 Å². The molecule has 1 saturated heterocycles. The molecule has 1 fully saturated rings. The Hall–Kier alpha value is -2.25. The molecule has 126 valence electrons. The number of imidazole rings is 1. The minimum atomic E-state index is -0.239. The van der Waals surface area contributed by atoms with E-state index < -0.39 is 0 Å². The number of hydrogen-bond acceptors (Lipinski definition) is 4. The number of hydrogen-bond donors (Lipinski definition) is 3. The molecule has 24 heavy (non-hydrogen) atoms. The van der Waals surface area contributed by atoms with Crippen LogP contribution in [0.25, 0.3) is 11.2 Å². The molecule has 1 aromatic carbocycles. The first-order valence-corrected chi connectivity index (χ1v) is 8.57. The number of fused-ring (bicyclic) bond motifs is 1. The zero-order valence-electron chi connectivity index (χ0n) is 13.4. The Bertz CT molecular complexity index is 881. The van der Waals surface area contributed by atoms with E-state index >= 15 is 0 Å². The van der Waals surface area contributed by atoms with Crippen LogP contribution in [0.2, 0.25) is 0 Å². The highest BCUT2D eigenvalue weighted by atomic mass is 32.1. The Morgan fingerprint density at radius 3 is 2.50 bits per heavy atom. The standard InChI is InChI=1S/C12H10N4OS.C5H11N/c17-11-9-10(14-7-13-9)16(12(18)15-11)6-8-4-2-1-3-5-8;1-2-4-6-5-3-1/h1-5,7H,6H2,(H,13,14)(H,15,17,18);6H,1-5H2. The normalized spacial score (nSPS) is 14.2. The van der Waals surface area contributed by atoms with Crippen molar-refractivity contribution in [3.8, 4) is 0 Å². The van der Waals surface area contributed by atoms with E-state index in [1.165, 1.54) is 38.7 Å². The summed E-state index contributed by atoms with van der Waals surface area (Å²) in [4.78, 5) is 21.3.